The van der Waals surface area contributed by atoms with Crippen molar-refractivity contribution < 1.29 is 9.84 Å². The zero-order valence-electron chi connectivity index (χ0n) is 12.1. The molecule has 0 aromatic heterocycles. The van der Waals surface area contributed by atoms with Crippen LogP contribution in [0.4, 0.5) is 0 Å². The van der Waals surface area contributed by atoms with E-state index in [1.807, 2.05) is 0 Å². The van der Waals surface area contributed by atoms with E-state index in [2.05, 4.69) is 31.4 Å². The number of nitrogens with one attached hydrogen (secondary N) is 2. The number of hydrogen-bond donors (Lipinski definition) is 3. The summed E-state index contributed by atoms with van der Waals surface area (Å²) in [6.07, 6.45) is 2.92. The second kappa shape index (κ2) is 8.86. The van der Waals surface area contributed by atoms with Crippen LogP contribution >= 0.6 is 0 Å². The Morgan fingerprint density at radius 1 is 1.39 bits per heavy atom. The molecule has 1 saturated heterocycles. The van der Waals surface area contributed by atoms with E-state index < -0.39 is 0 Å². The maximum Gasteiger partial charge on any atom is 0.0692 e. The van der Waals surface area contributed by atoms with Gasteiger partial charge in [-0.25, -0.2) is 0 Å². The highest BCUT2D eigenvalue weighted by atomic mass is 16.5. The fourth-order valence-electron chi connectivity index (χ4n) is 2.60. The van der Waals surface area contributed by atoms with Crippen LogP contribution in [0.1, 0.15) is 40.0 Å². The molecule has 0 spiro atoms. The Hall–Kier alpha value is -0.160. The predicted octanol–water partition coefficient (Wildman–Crippen LogP) is 1.14. The molecule has 0 aromatic rings. The molecule has 18 heavy (non-hydrogen) atoms. The van der Waals surface area contributed by atoms with Crippen LogP contribution in [-0.2, 0) is 4.74 Å². The minimum atomic E-state index is -0.224. The van der Waals surface area contributed by atoms with E-state index in [1.54, 1.807) is 0 Å². The van der Waals surface area contributed by atoms with Crippen molar-refractivity contribution in [1.29, 1.82) is 0 Å². The van der Waals surface area contributed by atoms with Crippen LogP contribution in [-0.4, -0.2) is 49.6 Å². The Kier molecular flexibility index (Phi) is 7.82. The molecule has 0 amide bonds. The van der Waals surface area contributed by atoms with Crippen LogP contribution in [0.25, 0.3) is 0 Å². The second-order valence-electron chi connectivity index (χ2n) is 5.41. The van der Waals surface area contributed by atoms with Gasteiger partial charge in [0.1, 0.15) is 0 Å². The van der Waals surface area contributed by atoms with Gasteiger partial charge < -0.3 is 20.5 Å². The summed E-state index contributed by atoms with van der Waals surface area (Å²) < 4.78 is 5.44. The van der Waals surface area contributed by atoms with Crippen molar-refractivity contribution in [1.82, 2.24) is 10.6 Å². The maximum atomic E-state index is 10.1. The van der Waals surface area contributed by atoms with Crippen molar-refractivity contribution >= 4 is 0 Å². The summed E-state index contributed by atoms with van der Waals surface area (Å²) in [6.45, 7) is 9.74. The maximum absolute atomic E-state index is 10.1. The van der Waals surface area contributed by atoms with Crippen molar-refractivity contribution in [2.24, 2.45) is 5.92 Å². The van der Waals surface area contributed by atoms with Gasteiger partial charge in [-0.2, -0.15) is 0 Å². The number of aliphatic hydroxyl groups is 1. The van der Waals surface area contributed by atoms with Gasteiger partial charge in [0, 0.05) is 25.2 Å². The Bertz CT molecular complexity index is 204. The molecule has 0 aromatic carbocycles. The van der Waals surface area contributed by atoms with Gasteiger partial charge in [0.2, 0.25) is 0 Å². The molecule has 1 rings (SSSR count). The fourth-order valence-corrected chi connectivity index (χ4v) is 2.60. The molecule has 4 heteroatoms. The number of ether oxygens (including phenoxy) is 1. The van der Waals surface area contributed by atoms with Crippen molar-refractivity contribution in [2.45, 2.75) is 58.2 Å². The van der Waals surface area contributed by atoms with Gasteiger partial charge in [0.05, 0.1) is 19.3 Å². The lowest BCUT2D eigenvalue weighted by Crippen LogP contribution is -2.46. The lowest BCUT2D eigenvalue weighted by atomic mass is 9.96. The molecule has 0 aliphatic carbocycles. The molecule has 3 unspecified atom stereocenters. The Morgan fingerprint density at radius 3 is 2.67 bits per heavy atom. The summed E-state index contributed by atoms with van der Waals surface area (Å²) in [7, 11) is 0. The minimum Gasteiger partial charge on any atom is -0.392 e. The first-order valence-electron chi connectivity index (χ1n) is 7.39. The van der Waals surface area contributed by atoms with Gasteiger partial charge in [-0.3, -0.25) is 0 Å². The number of aliphatic hydroxyl groups excluding tert-OH is 1. The first-order valence-corrected chi connectivity index (χ1v) is 7.39. The molecule has 0 radical (unpaired) electrons. The summed E-state index contributed by atoms with van der Waals surface area (Å²) in [4.78, 5) is 0. The topological polar surface area (TPSA) is 53.5 Å². The molecule has 1 aliphatic rings. The molecule has 3 N–H and O–H groups in total. The third kappa shape index (κ3) is 5.65. The Balaban J connectivity index is 2.17. The Morgan fingerprint density at radius 2 is 2.11 bits per heavy atom. The van der Waals surface area contributed by atoms with Crippen molar-refractivity contribution in [3.63, 3.8) is 0 Å². The average Bonchev–Trinajstić information content (AvgIpc) is 2.39. The first-order chi connectivity index (χ1) is 8.67. The lowest BCUT2D eigenvalue weighted by molar-refractivity contribution is 0.0683. The average molecular weight is 258 g/mol. The van der Waals surface area contributed by atoms with Crippen LogP contribution in [0, 0.1) is 5.92 Å². The summed E-state index contributed by atoms with van der Waals surface area (Å²) in [6, 6.07) is 0.861. The standard InChI is InChI=1S/C14H30N2O2/c1-4-12(5-2)14(17)9-16-11(3)8-13-10-18-7-6-15-13/h11-17H,4-10H2,1-3H3. The highest BCUT2D eigenvalue weighted by Gasteiger charge is 2.19. The molecular formula is C14H30N2O2. The van der Waals surface area contributed by atoms with E-state index in [-0.39, 0.29) is 6.10 Å². The third-order valence-corrected chi connectivity index (χ3v) is 3.90. The number of hydrogen-bond acceptors (Lipinski definition) is 4. The van der Waals surface area contributed by atoms with Crippen LogP contribution in [0.3, 0.4) is 0 Å². The van der Waals surface area contributed by atoms with Crippen LogP contribution < -0.4 is 10.6 Å². The van der Waals surface area contributed by atoms with Gasteiger partial charge in [0.25, 0.3) is 0 Å². The summed E-state index contributed by atoms with van der Waals surface area (Å²) in [5, 5.41) is 16.9. The predicted molar refractivity (Wildman–Crippen MR) is 74.8 cm³/mol. The minimum absolute atomic E-state index is 0.224. The summed E-state index contributed by atoms with van der Waals surface area (Å²) in [5.41, 5.74) is 0. The van der Waals surface area contributed by atoms with Gasteiger partial charge in [-0.05, 0) is 19.3 Å². The van der Waals surface area contributed by atoms with E-state index in [4.69, 9.17) is 4.74 Å². The van der Waals surface area contributed by atoms with E-state index >= 15 is 0 Å². The SMILES string of the molecule is CCC(CC)C(O)CNC(C)CC1COCCN1. The molecule has 1 heterocycles. The zero-order valence-corrected chi connectivity index (χ0v) is 12.1. The van der Waals surface area contributed by atoms with Crippen molar-refractivity contribution in [2.75, 3.05) is 26.3 Å². The van der Waals surface area contributed by atoms with Gasteiger partial charge in [-0.15, -0.1) is 0 Å². The van der Waals surface area contributed by atoms with E-state index in [1.165, 1.54) is 0 Å². The second-order valence-corrected chi connectivity index (χ2v) is 5.41. The molecule has 1 fully saturated rings. The van der Waals surface area contributed by atoms with Crippen molar-refractivity contribution in [3.05, 3.63) is 0 Å². The monoisotopic (exact) mass is 258 g/mol. The quantitative estimate of drug-likeness (QED) is 0.611. The lowest BCUT2D eigenvalue weighted by Gasteiger charge is -2.28. The van der Waals surface area contributed by atoms with Crippen LogP contribution in [0.2, 0.25) is 0 Å². The number of morpholine rings is 1. The van der Waals surface area contributed by atoms with E-state index in [0.717, 1.165) is 39.0 Å². The van der Waals surface area contributed by atoms with Crippen LogP contribution in [0.5, 0.6) is 0 Å². The van der Waals surface area contributed by atoms with Crippen LogP contribution in [0.15, 0.2) is 0 Å². The molecule has 108 valence electrons. The van der Waals surface area contributed by atoms with Gasteiger partial charge >= 0.3 is 0 Å². The highest BCUT2D eigenvalue weighted by molar-refractivity contribution is 4.77. The van der Waals surface area contributed by atoms with E-state index in [9.17, 15) is 5.11 Å². The molecule has 3 atom stereocenters. The molecule has 0 saturated carbocycles. The van der Waals surface area contributed by atoms with Crippen molar-refractivity contribution in [3.8, 4) is 0 Å². The molecule has 1 aliphatic heterocycles. The largest absolute Gasteiger partial charge is 0.392 e. The van der Waals surface area contributed by atoms with E-state index in [0.29, 0.717) is 24.5 Å². The Labute approximate surface area is 111 Å². The highest BCUT2D eigenvalue weighted by Crippen LogP contribution is 2.12. The number of rotatable bonds is 8. The normalized spacial score (nSPS) is 24.2. The molecular weight excluding hydrogens is 228 g/mol. The third-order valence-electron chi connectivity index (χ3n) is 3.90. The van der Waals surface area contributed by atoms with Gasteiger partial charge in [0.15, 0.2) is 0 Å². The first kappa shape index (κ1) is 15.9. The summed E-state index contributed by atoms with van der Waals surface area (Å²) in [5.74, 6) is 0.417. The fraction of sp³-hybridized carbons (Fsp3) is 1.00. The smallest absolute Gasteiger partial charge is 0.0692 e. The van der Waals surface area contributed by atoms with Gasteiger partial charge in [-0.1, -0.05) is 26.7 Å². The molecule has 4 nitrogen and oxygen atoms in total. The summed E-state index contributed by atoms with van der Waals surface area (Å²) >= 11 is 0. The zero-order chi connectivity index (χ0) is 13.4. The molecule has 0 bridgehead atoms.